The summed E-state index contributed by atoms with van der Waals surface area (Å²) in [5.41, 5.74) is 1.36. The minimum Gasteiger partial charge on any atom is -0.264 e. The Morgan fingerprint density at radius 1 is 1.15 bits per heavy atom. The fourth-order valence-electron chi connectivity index (χ4n) is 1.41. The zero-order valence-electron chi connectivity index (χ0n) is 8.21. The molecule has 0 bridgehead atoms. The van der Waals surface area contributed by atoms with Crippen molar-refractivity contribution in [1.29, 1.82) is 0 Å². The molecule has 0 fully saturated rings. The van der Waals surface area contributed by atoms with Gasteiger partial charge in [0.25, 0.3) is 0 Å². The van der Waals surface area contributed by atoms with Crippen molar-refractivity contribution in [1.82, 2.24) is 4.98 Å². The van der Waals surface area contributed by atoms with Gasteiger partial charge in [-0.2, -0.15) is 0 Å². The molecule has 0 aliphatic rings. The van der Waals surface area contributed by atoms with Crippen molar-refractivity contribution >= 4 is 0 Å². The van der Waals surface area contributed by atoms with Gasteiger partial charge >= 0.3 is 0 Å². The predicted octanol–water partition coefficient (Wildman–Crippen LogP) is 3.41. The normalized spacial score (nSPS) is 10.2. The molecule has 1 heteroatoms. The monoisotopic (exact) mass is 176 g/mol. The van der Waals surface area contributed by atoms with Gasteiger partial charge < -0.3 is 0 Å². The highest BCUT2D eigenvalue weighted by Gasteiger charge is 1.92. The summed E-state index contributed by atoms with van der Waals surface area (Å²) in [5.74, 6) is 0. The second-order valence-corrected chi connectivity index (χ2v) is 3.38. The molecular formula is C12H18N. The summed E-state index contributed by atoms with van der Waals surface area (Å²) < 4.78 is 0. The molecule has 0 saturated heterocycles. The maximum absolute atomic E-state index is 4.09. The average Bonchev–Trinajstić information content (AvgIpc) is 2.19. The molecule has 0 atom stereocenters. The smallest absolute Gasteiger partial charge is 0.0299 e. The first-order valence-corrected chi connectivity index (χ1v) is 5.11. The van der Waals surface area contributed by atoms with Crippen molar-refractivity contribution in [3.05, 3.63) is 37.0 Å². The molecule has 1 nitrogen and oxygen atoms in total. The first kappa shape index (κ1) is 10.2. The minimum absolute atomic E-state index is 1.08. The molecule has 1 aromatic heterocycles. The Kier molecular flexibility index (Phi) is 5.23. The van der Waals surface area contributed by atoms with Crippen molar-refractivity contribution in [3.8, 4) is 0 Å². The summed E-state index contributed by atoms with van der Waals surface area (Å²) in [5, 5.41) is 0. The molecular weight excluding hydrogens is 158 g/mol. The molecule has 0 N–H and O–H groups in total. The lowest BCUT2D eigenvalue weighted by Gasteiger charge is -1.99. The Morgan fingerprint density at radius 3 is 2.69 bits per heavy atom. The number of pyridine rings is 1. The third-order valence-electron chi connectivity index (χ3n) is 2.19. The van der Waals surface area contributed by atoms with Crippen LogP contribution in [0.5, 0.6) is 0 Å². The molecule has 0 unspecified atom stereocenters. The highest BCUT2D eigenvalue weighted by Crippen LogP contribution is 2.07. The molecule has 1 rings (SSSR count). The summed E-state index contributed by atoms with van der Waals surface area (Å²) in [6.45, 7) is 3.83. The van der Waals surface area contributed by atoms with E-state index in [-0.39, 0.29) is 0 Å². The lowest BCUT2D eigenvalue weighted by atomic mass is 10.1. The van der Waals surface area contributed by atoms with E-state index >= 15 is 0 Å². The number of rotatable bonds is 6. The third kappa shape index (κ3) is 4.66. The summed E-state index contributed by atoms with van der Waals surface area (Å²) in [6.07, 6.45) is 11.2. The van der Waals surface area contributed by atoms with Gasteiger partial charge in [0.1, 0.15) is 0 Å². The first-order valence-electron chi connectivity index (χ1n) is 5.11. The van der Waals surface area contributed by atoms with Crippen LogP contribution in [-0.4, -0.2) is 4.98 Å². The molecule has 71 valence electrons. The SMILES string of the molecule is [CH2]CCCCCCc1cccnc1. The van der Waals surface area contributed by atoms with E-state index in [1.807, 2.05) is 18.5 Å². The molecule has 0 amide bonds. The molecule has 0 aromatic carbocycles. The second-order valence-electron chi connectivity index (χ2n) is 3.38. The molecule has 0 spiro atoms. The molecule has 0 aliphatic heterocycles. The fourth-order valence-corrected chi connectivity index (χ4v) is 1.41. The maximum atomic E-state index is 4.09. The number of hydrogen-bond donors (Lipinski definition) is 0. The third-order valence-corrected chi connectivity index (χ3v) is 2.19. The van der Waals surface area contributed by atoms with E-state index in [4.69, 9.17) is 0 Å². The van der Waals surface area contributed by atoms with Crippen LogP contribution >= 0.6 is 0 Å². The Hall–Kier alpha value is -0.850. The number of aryl methyl sites for hydroxylation is 1. The van der Waals surface area contributed by atoms with Crippen LogP contribution in [0.3, 0.4) is 0 Å². The van der Waals surface area contributed by atoms with Gasteiger partial charge in [-0.3, -0.25) is 4.98 Å². The van der Waals surface area contributed by atoms with Crippen molar-refractivity contribution < 1.29 is 0 Å². The van der Waals surface area contributed by atoms with Crippen LogP contribution in [0.15, 0.2) is 24.5 Å². The van der Waals surface area contributed by atoms with Gasteiger partial charge in [0.2, 0.25) is 0 Å². The predicted molar refractivity (Wildman–Crippen MR) is 56.4 cm³/mol. The topological polar surface area (TPSA) is 12.9 Å². The van der Waals surface area contributed by atoms with Crippen molar-refractivity contribution in [2.75, 3.05) is 0 Å². The van der Waals surface area contributed by atoms with Gasteiger partial charge in [-0.25, -0.2) is 0 Å². The van der Waals surface area contributed by atoms with E-state index in [2.05, 4.69) is 18.0 Å². The summed E-state index contributed by atoms with van der Waals surface area (Å²) in [4.78, 5) is 4.09. The van der Waals surface area contributed by atoms with E-state index in [0.29, 0.717) is 0 Å². The number of unbranched alkanes of at least 4 members (excludes halogenated alkanes) is 4. The largest absolute Gasteiger partial charge is 0.264 e. The van der Waals surface area contributed by atoms with Crippen LogP contribution in [0.1, 0.15) is 37.7 Å². The van der Waals surface area contributed by atoms with E-state index in [1.165, 1.54) is 37.7 Å². The zero-order chi connectivity index (χ0) is 9.36. The van der Waals surface area contributed by atoms with E-state index in [0.717, 1.165) is 6.42 Å². The Labute approximate surface area is 81.2 Å². The Balaban J connectivity index is 2.07. The van der Waals surface area contributed by atoms with Crippen molar-refractivity contribution in [3.63, 3.8) is 0 Å². The molecule has 1 aromatic rings. The van der Waals surface area contributed by atoms with Crippen LogP contribution in [0.4, 0.5) is 0 Å². The van der Waals surface area contributed by atoms with E-state index in [9.17, 15) is 0 Å². The quantitative estimate of drug-likeness (QED) is 0.605. The Morgan fingerprint density at radius 2 is 2.00 bits per heavy atom. The maximum Gasteiger partial charge on any atom is 0.0299 e. The summed E-state index contributed by atoms with van der Waals surface area (Å²) >= 11 is 0. The highest BCUT2D eigenvalue weighted by molar-refractivity contribution is 5.08. The van der Waals surface area contributed by atoms with Gasteiger partial charge in [0.15, 0.2) is 0 Å². The van der Waals surface area contributed by atoms with Crippen LogP contribution < -0.4 is 0 Å². The number of hydrogen-bond acceptors (Lipinski definition) is 1. The van der Waals surface area contributed by atoms with Gasteiger partial charge in [0, 0.05) is 12.4 Å². The zero-order valence-corrected chi connectivity index (χ0v) is 8.21. The fraction of sp³-hybridized carbons (Fsp3) is 0.500. The van der Waals surface area contributed by atoms with Gasteiger partial charge in [0.05, 0.1) is 0 Å². The highest BCUT2D eigenvalue weighted by atomic mass is 14.6. The summed E-state index contributed by atoms with van der Waals surface area (Å²) in [6, 6.07) is 4.15. The van der Waals surface area contributed by atoms with Crippen LogP contribution in [0.25, 0.3) is 0 Å². The van der Waals surface area contributed by atoms with E-state index in [1.54, 1.807) is 0 Å². The number of nitrogens with zero attached hydrogens (tertiary/aromatic N) is 1. The summed E-state index contributed by atoms with van der Waals surface area (Å²) in [7, 11) is 0. The Bertz CT molecular complexity index is 206. The molecule has 0 aliphatic carbocycles. The van der Waals surface area contributed by atoms with Gasteiger partial charge in [-0.15, -0.1) is 0 Å². The lowest BCUT2D eigenvalue weighted by Crippen LogP contribution is -1.86. The van der Waals surface area contributed by atoms with Crippen LogP contribution in [-0.2, 0) is 6.42 Å². The lowest BCUT2D eigenvalue weighted by molar-refractivity contribution is 0.645. The first-order chi connectivity index (χ1) is 6.43. The second kappa shape index (κ2) is 6.64. The number of aromatic nitrogens is 1. The van der Waals surface area contributed by atoms with Crippen LogP contribution in [0, 0.1) is 6.92 Å². The van der Waals surface area contributed by atoms with Crippen molar-refractivity contribution in [2.24, 2.45) is 0 Å². The van der Waals surface area contributed by atoms with Crippen molar-refractivity contribution in [2.45, 2.75) is 38.5 Å². The average molecular weight is 176 g/mol. The van der Waals surface area contributed by atoms with E-state index < -0.39 is 0 Å². The standard InChI is InChI=1S/C12H18N/c1-2-3-4-5-6-8-12-9-7-10-13-11-12/h7,9-11H,1-6,8H2. The van der Waals surface area contributed by atoms with Gasteiger partial charge in [-0.05, 0) is 24.5 Å². The molecule has 1 radical (unpaired) electrons. The van der Waals surface area contributed by atoms with Gasteiger partial charge in [-0.1, -0.05) is 38.7 Å². The minimum atomic E-state index is 1.08. The molecule has 0 saturated carbocycles. The molecule has 1 heterocycles. The molecule has 13 heavy (non-hydrogen) atoms. The van der Waals surface area contributed by atoms with Crippen LogP contribution in [0.2, 0.25) is 0 Å².